The quantitative estimate of drug-likeness (QED) is 0.747. The third-order valence-electron chi connectivity index (χ3n) is 4.76. The van der Waals surface area contributed by atoms with Crippen LogP contribution in [0.3, 0.4) is 0 Å². The van der Waals surface area contributed by atoms with Crippen molar-refractivity contribution in [1.29, 1.82) is 0 Å². The molecule has 0 radical (unpaired) electrons. The van der Waals surface area contributed by atoms with E-state index >= 15 is 0 Å². The highest BCUT2D eigenvalue weighted by Crippen LogP contribution is 2.42. The fourth-order valence-corrected chi connectivity index (χ4v) is 3.66. The molecule has 0 aromatic heterocycles. The Morgan fingerprint density at radius 2 is 1.61 bits per heavy atom. The van der Waals surface area contributed by atoms with Gasteiger partial charge in [-0.2, -0.15) is 0 Å². The summed E-state index contributed by atoms with van der Waals surface area (Å²) in [5, 5.41) is 9.35. The van der Waals surface area contributed by atoms with Crippen LogP contribution in [-0.4, -0.2) is 23.6 Å². The highest BCUT2D eigenvalue weighted by atomic mass is 19.2. The summed E-state index contributed by atoms with van der Waals surface area (Å²) in [6, 6.07) is 0. The second-order valence-electron chi connectivity index (χ2n) is 5.90. The van der Waals surface area contributed by atoms with Gasteiger partial charge >= 0.3 is 0 Å². The maximum absolute atomic E-state index is 14.0. The van der Waals surface area contributed by atoms with E-state index in [1.165, 1.54) is 0 Å². The van der Waals surface area contributed by atoms with E-state index < -0.39 is 18.4 Å². The van der Waals surface area contributed by atoms with E-state index in [-0.39, 0.29) is 5.92 Å². The first-order valence-corrected chi connectivity index (χ1v) is 7.22. The molecule has 1 nitrogen and oxygen atoms in total. The molecule has 0 aromatic carbocycles. The molecular weight excluding hydrogens is 234 g/mol. The van der Waals surface area contributed by atoms with Crippen molar-refractivity contribution in [3.05, 3.63) is 12.2 Å². The van der Waals surface area contributed by atoms with Crippen molar-refractivity contribution in [3.8, 4) is 0 Å². The molecule has 2 aliphatic carbocycles. The lowest BCUT2D eigenvalue weighted by molar-refractivity contribution is -0.0540. The zero-order chi connectivity index (χ0) is 13.1. The molecule has 4 atom stereocenters. The average molecular weight is 258 g/mol. The zero-order valence-electron chi connectivity index (χ0n) is 11.1. The third-order valence-corrected chi connectivity index (χ3v) is 4.76. The molecular formula is C15H24F2O. The lowest BCUT2D eigenvalue weighted by Crippen LogP contribution is -2.44. The van der Waals surface area contributed by atoms with E-state index in [4.69, 9.17) is 0 Å². The molecule has 2 aliphatic rings. The summed E-state index contributed by atoms with van der Waals surface area (Å²) < 4.78 is 27.5. The first kappa shape index (κ1) is 14.0. The number of rotatable bonds is 2. The van der Waals surface area contributed by atoms with Crippen LogP contribution in [0.5, 0.6) is 0 Å². The smallest absolute Gasteiger partial charge is 0.157 e. The van der Waals surface area contributed by atoms with E-state index in [1.54, 1.807) is 0 Å². The lowest BCUT2D eigenvalue weighted by Gasteiger charge is -2.39. The molecule has 1 N–H and O–H groups in total. The average Bonchev–Trinajstić information content (AvgIpc) is 2.38. The van der Waals surface area contributed by atoms with Gasteiger partial charge in [0, 0.05) is 0 Å². The van der Waals surface area contributed by atoms with Gasteiger partial charge in [-0.15, -0.1) is 0 Å². The topological polar surface area (TPSA) is 20.2 Å². The highest BCUT2D eigenvalue weighted by molar-refractivity contribution is 4.95. The van der Waals surface area contributed by atoms with Crippen LogP contribution in [-0.2, 0) is 0 Å². The van der Waals surface area contributed by atoms with Crippen LogP contribution < -0.4 is 0 Å². The first-order chi connectivity index (χ1) is 8.63. The molecule has 18 heavy (non-hydrogen) atoms. The normalized spacial score (nSPS) is 46.4. The van der Waals surface area contributed by atoms with Crippen molar-refractivity contribution >= 4 is 0 Å². The Bertz CT molecular complexity index is 284. The third kappa shape index (κ3) is 2.93. The predicted octanol–water partition coefficient (Wildman–Crippen LogP) is 3.82. The minimum absolute atomic E-state index is 0.171. The van der Waals surface area contributed by atoms with E-state index in [1.807, 2.05) is 6.92 Å². The Morgan fingerprint density at radius 1 is 0.944 bits per heavy atom. The molecule has 2 saturated carbocycles. The Hall–Kier alpha value is -0.440. The van der Waals surface area contributed by atoms with Crippen LogP contribution in [0.15, 0.2) is 12.2 Å². The van der Waals surface area contributed by atoms with Crippen molar-refractivity contribution in [2.45, 2.75) is 63.9 Å². The number of aliphatic hydroxyl groups excluding tert-OH is 1. The van der Waals surface area contributed by atoms with Crippen LogP contribution in [0.4, 0.5) is 8.78 Å². The van der Waals surface area contributed by atoms with Crippen molar-refractivity contribution in [3.63, 3.8) is 0 Å². The van der Waals surface area contributed by atoms with E-state index in [9.17, 15) is 13.9 Å². The Balaban J connectivity index is 1.89. The summed E-state index contributed by atoms with van der Waals surface area (Å²) >= 11 is 0. The van der Waals surface area contributed by atoms with Crippen LogP contribution in [0.1, 0.15) is 45.4 Å². The van der Waals surface area contributed by atoms with Crippen molar-refractivity contribution < 1.29 is 13.9 Å². The summed E-state index contributed by atoms with van der Waals surface area (Å²) in [5.74, 6) is 0.766. The van der Waals surface area contributed by atoms with E-state index in [0.717, 1.165) is 25.7 Å². The van der Waals surface area contributed by atoms with Crippen LogP contribution in [0, 0.1) is 17.8 Å². The molecule has 0 saturated heterocycles. The number of allylic oxidation sites excluding steroid dienone is 2. The highest BCUT2D eigenvalue weighted by Gasteiger charge is 2.43. The van der Waals surface area contributed by atoms with Gasteiger partial charge < -0.3 is 5.11 Å². The van der Waals surface area contributed by atoms with Gasteiger partial charge in [0.1, 0.15) is 6.17 Å². The van der Waals surface area contributed by atoms with Crippen molar-refractivity contribution in [2.24, 2.45) is 17.8 Å². The van der Waals surface area contributed by atoms with E-state index in [2.05, 4.69) is 12.2 Å². The molecule has 0 aromatic rings. The van der Waals surface area contributed by atoms with Gasteiger partial charge in [-0.05, 0) is 63.2 Å². The number of aliphatic hydroxyl groups is 1. The van der Waals surface area contributed by atoms with Crippen LogP contribution >= 0.6 is 0 Å². The summed E-state index contributed by atoms with van der Waals surface area (Å²) in [6.07, 6.45) is 5.34. The molecule has 0 bridgehead atoms. The molecule has 2 fully saturated rings. The van der Waals surface area contributed by atoms with Gasteiger partial charge in [0.15, 0.2) is 6.17 Å². The molecule has 0 aliphatic heterocycles. The van der Waals surface area contributed by atoms with E-state index in [0.29, 0.717) is 24.7 Å². The largest absolute Gasteiger partial charge is 0.390 e. The van der Waals surface area contributed by atoms with Gasteiger partial charge in [0.05, 0.1) is 6.10 Å². The van der Waals surface area contributed by atoms with Crippen LogP contribution in [0.25, 0.3) is 0 Å². The molecule has 0 spiro atoms. The SMILES string of the molecule is C/C=C/C1CCC(C2CCC(O)C(F)C2F)CC1. The van der Waals surface area contributed by atoms with Crippen molar-refractivity contribution in [1.82, 2.24) is 0 Å². The zero-order valence-corrected chi connectivity index (χ0v) is 11.1. The van der Waals surface area contributed by atoms with Gasteiger partial charge in [0.25, 0.3) is 0 Å². The maximum Gasteiger partial charge on any atom is 0.157 e. The Morgan fingerprint density at radius 3 is 2.22 bits per heavy atom. The second-order valence-corrected chi connectivity index (χ2v) is 5.90. The standard InChI is InChI=1S/C15H24F2O/c1-2-3-10-4-6-11(7-5-10)12-8-9-13(18)15(17)14(12)16/h2-3,10-15,18H,4-9H2,1H3/b3-2+. The summed E-state index contributed by atoms with van der Waals surface area (Å²) in [7, 11) is 0. The van der Waals surface area contributed by atoms with Crippen LogP contribution in [0.2, 0.25) is 0 Å². The lowest BCUT2D eigenvalue weighted by atomic mass is 9.69. The van der Waals surface area contributed by atoms with Gasteiger partial charge in [0.2, 0.25) is 0 Å². The summed E-state index contributed by atoms with van der Waals surface area (Å²) in [6.45, 7) is 2.03. The van der Waals surface area contributed by atoms with Gasteiger partial charge in [-0.3, -0.25) is 0 Å². The first-order valence-electron chi connectivity index (χ1n) is 7.22. The molecule has 3 heteroatoms. The molecule has 104 valence electrons. The van der Waals surface area contributed by atoms with Crippen molar-refractivity contribution in [2.75, 3.05) is 0 Å². The maximum atomic E-state index is 14.0. The Labute approximate surface area is 108 Å². The molecule has 4 unspecified atom stereocenters. The summed E-state index contributed by atoms with van der Waals surface area (Å²) in [4.78, 5) is 0. The molecule has 0 heterocycles. The number of halogens is 2. The predicted molar refractivity (Wildman–Crippen MR) is 68.8 cm³/mol. The number of hydrogen-bond acceptors (Lipinski definition) is 1. The van der Waals surface area contributed by atoms with Gasteiger partial charge in [-0.1, -0.05) is 12.2 Å². The molecule has 2 rings (SSSR count). The summed E-state index contributed by atoms with van der Waals surface area (Å²) in [5.41, 5.74) is 0. The number of alkyl halides is 2. The minimum Gasteiger partial charge on any atom is -0.390 e. The van der Waals surface area contributed by atoms with Gasteiger partial charge in [-0.25, -0.2) is 8.78 Å². The molecule has 0 amide bonds. The Kier molecular flexibility index (Phi) is 4.77. The number of hydrogen-bond donors (Lipinski definition) is 1. The minimum atomic E-state index is -1.67. The monoisotopic (exact) mass is 258 g/mol. The fraction of sp³-hybridized carbons (Fsp3) is 0.867. The fourth-order valence-electron chi connectivity index (χ4n) is 3.66. The second kappa shape index (κ2) is 6.14.